The van der Waals surface area contributed by atoms with E-state index in [4.69, 9.17) is 10.00 Å². The second-order valence-corrected chi connectivity index (χ2v) is 4.70. The number of fused-ring (bicyclic) bond motifs is 1. The van der Waals surface area contributed by atoms with Gasteiger partial charge in [-0.1, -0.05) is 34.1 Å². The molecule has 98 valence electrons. The molecule has 0 bridgehead atoms. The van der Waals surface area contributed by atoms with Crippen molar-refractivity contribution < 1.29 is 4.74 Å². The molecule has 0 unspecified atom stereocenters. The summed E-state index contributed by atoms with van der Waals surface area (Å²) in [4.78, 5) is 4.46. The van der Waals surface area contributed by atoms with Crippen molar-refractivity contribution in [3.05, 3.63) is 59.9 Å². The van der Waals surface area contributed by atoms with Crippen LogP contribution >= 0.6 is 15.9 Å². The van der Waals surface area contributed by atoms with Gasteiger partial charge in [-0.15, -0.1) is 0 Å². The van der Waals surface area contributed by atoms with Crippen LogP contribution in [0.3, 0.4) is 0 Å². The Morgan fingerprint density at radius 3 is 2.80 bits per heavy atom. The van der Waals surface area contributed by atoms with Crippen LogP contribution in [0.4, 0.5) is 0 Å². The lowest BCUT2D eigenvalue weighted by Gasteiger charge is -2.05. The number of nitrogens with zero attached hydrogens (tertiary/aromatic N) is 3. The van der Waals surface area contributed by atoms with Gasteiger partial charge in [0.05, 0.1) is 11.3 Å². The number of rotatable bonds is 3. The molecule has 3 aromatic rings. The lowest BCUT2D eigenvalue weighted by Crippen LogP contribution is -1.93. The normalized spacial score (nSPS) is 10.4. The summed E-state index contributed by atoms with van der Waals surface area (Å²) in [5, 5.41) is 9.71. The lowest BCUT2D eigenvalue weighted by molar-refractivity contribution is 0.460. The maximum atomic E-state index is 9.10. The Kier molecular flexibility index (Phi) is 3.40. The number of aromatic nitrogens is 2. The first-order valence-corrected chi connectivity index (χ1v) is 7.14. The second-order valence-electron chi connectivity index (χ2n) is 4.14. The lowest BCUT2D eigenvalue weighted by atomic mass is 10.2. The summed E-state index contributed by atoms with van der Waals surface area (Å²) in [5.41, 5.74) is 2.21. The van der Waals surface area contributed by atoms with Gasteiger partial charge >= 0.3 is 0 Å². The summed E-state index contributed by atoms with van der Waals surface area (Å²) in [5.74, 6) is 1.02. The van der Waals surface area contributed by atoms with E-state index in [0.717, 1.165) is 11.3 Å². The van der Waals surface area contributed by atoms with E-state index in [1.807, 2.05) is 34.9 Å². The molecule has 3 rings (SSSR count). The van der Waals surface area contributed by atoms with Gasteiger partial charge in [0, 0.05) is 11.5 Å². The van der Waals surface area contributed by atoms with Crippen molar-refractivity contribution in [2.45, 2.75) is 5.33 Å². The summed E-state index contributed by atoms with van der Waals surface area (Å²) in [6.07, 6.45) is 1.93. The van der Waals surface area contributed by atoms with Crippen molar-refractivity contribution >= 4 is 21.6 Å². The number of benzene rings is 1. The standard InChI is InChI=1S/C15H10BrN3O/c16-9-12-15(18-14-7-3-4-8-19(12)14)20-13-6-2-1-5-11(13)10-17/h1-8H,9H2. The van der Waals surface area contributed by atoms with Crippen molar-refractivity contribution in [1.29, 1.82) is 5.26 Å². The number of imidazole rings is 1. The Morgan fingerprint density at radius 1 is 1.20 bits per heavy atom. The molecule has 20 heavy (non-hydrogen) atoms. The summed E-state index contributed by atoms with van der Waals surface area (Å²) >= 11 is 3.45. The van der Waals surface area contributed by atoms with Crippen LogP contribution in [0.15, 0.2) is 48.7 Å². The van der Waals surface area contributed by atoms with E-state index in [9.17, 15) is 0 Å². The number of nitriles is 1. The van der Waals surface area contributed by atoms with Crippen molar-refractivity contribution in [2.24, 2.45) is 0 Å². The minimum absolute atomic E-state index is 0.491. The van der Waals surface area contributed by atoms with Gasteiger partial charge in [0.25, 0.3) is 0 Å². The molecule has 0 N–H and O–H groups in total. The molecule has 0 atom stereocenters. The van der Waals surface area contributed by atoms with E-state index in [2.05, 4.69) is 27.0 Å². The highest BCUT2D eigenvalue weighted by Gasteiger charge is 2.14. The molecule has 4 nitrogen and oxygen atoms in total. The monoisotopic (exact) mass is 327 g/mol. The molecule has 0 radical (unpaired) electrons. The van der Waals surface area contributed by atoms with Crippen molar-refractivity contribution in [3.63, 3.8) is 0 Å². The molecule has 2 heterocycles. The van der Waals surface area contributed by atoms with Gasteiger partial charge in [-0.2, -0.15) is 10.2 Å². The number of alkyl halides is 1. The van der Waals surface area contributed by atoms with Gasteiger partial charge in [0.15, 0.2) is 0 Å². The van der Waals surface area contributed by atoms with Gasteiger partial charge in [-0.25, -0.2) is 0 Å². The third-order valence-electron chi connectivity index (χ3n) is 2.93. The fraction of sp³-hybridized carbons (Fsp3) is 0.0667. The first-order chi connectivity index (χ1) is 9.83. The average Bonchev–Trinajstić information content (AvgIpc) is 2.85. The SMILES string of the molecule is N#Cc1ccccc1Oc1nc2ccccn2c1CBr. The molecule has 2 aromatic heterocycles. The van der Waals surface area contributed by atoms with Crippen LogP contribution in [0, 0.1) is 11.3 Å². The summed E-state index contributed by atoms with van der Waals surface area (Å²) in [6, 6.07) is 15.0. The number of ether oxygens (including phenoxy) is 1. The molecule has 0 aliphatic carbocycles. The Labute approximate surface area is 124 Å². The number of halogens is 1. The van der Waals surface area contributed by atoms with Gasteiger partial charge in [-0.3, -0.25) is 4.40 Å². The van der Waals surface area contributed by atoms with Crippen LogP contribution in [0.2, 0.25) is 0 Å². The molecule has 0 aliphatic heterocycles. The highest BCUT2D eigenvalue weighted by atomic mass is 79.9. The largest absolute Gasteiger partial charge is 0.436 e. The zero-order valence-corrected chi connectivity index (χ0v) is 12.0. The van der Waals surface area contributed by atoms with Gasteiger partial charge in [0.1, 0.15) is 17.5 Å². The van der Waals surface area contributed by atoms with E-state index in [1.54, 1.807) is 18.2 Å². The summed E-state index contributed by atoms with van der Waals surface area (Å²) in [7, 11) is 0. The average molecular weight is 328 g/mol. The fourth-order valence-corrected chi connectivity index (χ4v) is 2.49. The van der Waals surface area contributed by atoms with Gasteiger partial charge in [0.2, 0.25) is 5.88 Å². The molecule has 0 amide bonds. The molecular formula is C15H10BrN3O. The topological polar surface area (TPSA) is 50.3 Å². The molecule has 1 aromatic carbocycles. The summed E-state index contributed by atoms with van der Waals surface area (Å²) in [6.45, 7) is 0. The Bertz CT molecular complexity index is 804. The maximum absolute atomic E-state index is 9.10. The van der Waals surface area contributed by atoms with Crippen molar-refractivity contribution in [1.82, 2.24) is 9.38 Å². The van der Waals surface area contributed by atoms with Crippen LogP contribution in [0.1, 0.15) is 11.3 Å². The molecule has 0 saturated carbocycles. The highest BCUT2D eigenvalue weighted by molar-refractivity contribution is 9.08. The van der Waals surface area contributed by atoms with Crippen LogP contribution in [-0.4, -0.2) is 9.38 Å². The number of hydrogen-bond donors (Lipinski definition) is 0. The third-order valence-corrected chi connectivity index (χ3v) is 3.46. The Balaban J connectivity index is 2.09. The highest BCUT2D eigenvalue weighted by Crippen LogP contribution is 2.29. The number of pyridine rings is 1. The second kappa shape index (κ2) is 5.35. The van der Waals surface area contributed by atoms with Crippen LogP contribution < -0.4 is 4.74 Å². The van der Waals surface area contributed by atoms with E-state index >= 15 is 0 Å². The van der Waals surface area contributed by atoms with E-state index < -0.39 is 0 Å². The molecule has 0 saturated heterocycles. The Hall–Kier alpha value is -2.32. The fourth-order valence-electron chi connectivity index (χ4n) is 1.98. The minimum atomic E-state index is 0.491. The van der Waals surface area contributed by atoms with Gasteiger partial charge in [-0.05, 0) is 24.3 Å². The molecular weight excluding hydrogens is 318 g/mol. The Morgan fingerprint density at radius 2 is 2.00 bits per heavy atom. The van der Waals surface area contributed by atoms with Crippen LogP contribution in [0.25, 0.3) is 5.65 Å². The van der Waals surface area contributed by atoms with Gasteiger partial charge < -0.3 is 4.74 Å². The smallest absolute Gasteiger partial charge is 0.242 e. The minimum Gasteiger partial charge on any atom is -0.436 e. The molecule has 5 heteroatoms. The molecule has 0 aliphatic rings. The summed E-state index contributed by atoms with van der Waals surface area (Å²) < 4.78 is 7.78. The van der Waals surface area contributed by atoms with E-state index in [0.29, 0.717) is 22.5 Å². The van der Waals surface area contributed by atoms with Crippen molar-refractivity contribution in [2.75, 3.05) is 0 Å². The van der Waals surface area contributed by atoms with Crippen LogP contribution in [0.5, 0.6) is 11.6 Å². The number of hydrogen-bond acceptors (Lipinski definition) is 3. The van der Waals surface area contributed by atoms with Crippen LogP contribution in [-0.2, 0) is 5.33 Å². The van der Waals surface area contributed by atoms with Crippen molar-refractivity contribution in [3.8, 4) is 17.7 Å². The first-order valence-electron chi connectivity index (χ1n) is 6.02. The van der Waals surface area contributed by atoms with E-state index in [1.165, 1.54) is 0 Å². The predicted molar refractivity (Wildman–Crippen MR) is 79.1 cm³/mol. The predicted octanol–water partition coefficient (Wildman–Crippen LogP) is 3.89. The molecule has 0 spiro atoms. The maximum Gasteiger partial charge on any atom is 0.242 e. The first kappa shape index (κ1) is 12.7. The quantitative estimate of drug-likeness (QED) is 0.685. The zero-order valence-electron chi connectivity index (χ0n) is 10.5. The van der Waals surface area contributed by atoms with E-state index in [-0.39, 0.29) is 0 Å². The number of para-hydroxylation sites is 1. The third kappa shape index (κ3) is 2.15. The zero-order chi connectivity index (χ0) is 13.9. The molecule has 0 fully saturated rings.